The number of nitrogens with one attached hydrogen (secondary N) is 2. The van der Waals surface area contributed by atoms with Gasteiger partial charge in [-0.1, -0.05) is 12.5 Å². The Kier molecular flexibility index (Phi) is 4.65. The highest BCUT2D eigenvalue weighted by Crippen LogP contribution is 2.27. The Morgan fingerprint density at radius 1 is 1.20 bits per heavy atom. The second-order valence-electron chi connectivity index (χ2n) is 6.76. The van der Waals surface area contributed by atoms with Crippen LogP contribution in [0.3, 0.4) is 0 Å². The first kappa shape index (κ1) is 16.1. The van der Waals surface area contributed by atoms with E-state index in [9.17, 15) is 4.79 Å². The minimum atomic E-state index is -0.104. The van der Waals surface area contributed by atoms with Crippen molar-refractivity contribution < 1.29 is 4.79 Å². The Balaban J connectivity index is 1.35. The molecule has 0 bridgehead atoms. The van der Waals surface area contributed by atoms with E-state index in [1.807, 2.05) is 24.4 Å². The van der Waals surface area contributed by atoms with Gasteiger partial charge in [0.1, 0.15) is 0 Å². The molecule has 0 radical (unpaired) electrons. The molecule has 0 saturated carbocycles. The van der Waals surface area contributed by atoms with Crippen LogP contribution in [0.1, 0.15) is 31.2 Å². The molecule has 2 aromatic heterocycles. The summed E-state index contributed by atoms with van der Waals surface area (Å²) in [6.07, 6.45) is 10.1. The smallest absolute Gasteiger partial charge is 0.315 e. The number of carbonyl (C=O) groups is 1. The lowest BCUT2D eigenvalue weighted by Crippen LogP contribution is -2.49. The first-order chi connectivity index (χ1) is 12.3. The highest BCUT2D eigenvalue weighted by Gasteiger charge is 2.36. The van der Waals surface area contributed by atoms with Crippen LogP contribution in [0.5, 0.6) is 0 Å². The van der Waals surface area contributed by atoms with E-state index in [1.165, 1.54) is 25.8 Å². The number of amides is 2. The molecule has 2 aliphatic heterocycles. The van der Waals surface area contributed by atoms with Crippen molar-refractivity contribution in [3.63, 3.8) is 0 Å². The molecule has 0 spiro atoms. The van der Waals surface area contributed by atoms with Gasteiger partial charge in [-0.25, -0.2) is 14.5 Å². The zero-order valence-corrected chi connectivity index (χ0v) is 14.3. The number of fused-ring (bicyclic) bond motifs is 1. The maximum absolute atomic E-state index is 12.4. The predicted molar refractivity (Wildman–Crippen MR) is 94.3 cm³/mol. The Hall–Kier alpha value is -2.41. The van der Waals surface area contributed by atoms with Crippen molar-refractivity contribution in [2.45, 2.75) is 44.3 Å². The van der Waals surface area contributed by atoms with Crippen LogP contribution in [-0.2, 0) is 6.54 Å². The highest BCUT2D eigenvalue weighted by atomic mass is 16.2. The SMILES string of the molecule is O=C(NCc1cccnc1-n1cccn1)N[C@H]1CCN2CCCC[C@H]12. The first-order valence-corrected chi connectivity index (χ1v) is 9.03. The van der Waals surface area contributed by atoms with E-state index >= 15 is 0 Å². The van der Waals surface area contributed by atoms with E-state index in [4.69, 9.17) is 0 Å². The van der Waals surface area contributed by atoms with Crippen molar-refractivity contribution in [1.82, 2.24) is 30.3 Å². The third kappa shape index (κ3) is 3.51. The summed E-state index contributed by atoms with van der Waals surface area (Å²) < 4.78 is 1.71. The fourth-order valence-corrected chi connectivity index (χ4v) is 3.98. The number of pyridine rings is 1. The third-order valence-corrected chi connectivity index (χ3v) is 5.20. The number of hydrogen-bond donors (Lipinski definition) is 2. The monoisotopic (exact) mass is 340 g/mol. The van der Waals surface area contributed by atoms with Crippen LogP contribution in [0.25, 0.3) is 5.82 Å². The number of nitrogens with zero attached hydrogens (tertiary/aromatic N) is 4. The van der Waals surface area contributed by atoms with Gasteiger partial charge in [0, 0.05) is 49.3 Å². The molecule has 2 fully saturated rings. The van der Waals surface area contributed by atoms with Gasteiger partial charge in [0.2, 0.25) is 0 Å². The number of piperidine rings is 1. The molecule has 2 atom stereocenters. The molecule has 4 rings (SSSR count). The molecule has 2 N–H and O–H groups in total. The number of carbonyl (C=O) groups excluding carboxylic acids is 1. The number of hydrogen-bond acceptors (Lipinski definition) is 4. The average Bonchev–Trinajstić information content (AvgIpc) is 3.31. The summed E-state index contributed by atoms with van der Waals surface area (Å²) in [6, 6.07) is 6.36. The summed E-state index contributed by atoms with van der Waals surface area (Å²) in [5.41, 5.74) is 0.937. The minimum Gasteiger partial charge on any atom is -0.334 e. The summed E-state index contributed by atoms with van der Waals surface area (Å²) in [6.45, 7) is 2.70. The van der Waals surface area contributed by atoms with Crippen molar-refractivity contribution >= 4 is 6.03 Å². The number of urea groups is 1. The van der Waals surface area contributed by atoms with Gasteiger partial charge >= 0.3 is 6.03 Å². The maximum atomic E-state index is 12.4. The van der Waals surface area contributed by atoms with Crippen LogP contribution in [0.15, 0.2) is 36.8 Å². The summed E-state index contributed by atoms with van der Waals surface area (Å²) >= 11 is 0. The molecule has 4 heterocycles. The van der Waals surface area contributed by atoms with E-state index in [1.54, 1.807) is 17.1 Å². The van der Waals surface area contributed by atoms with Gasteiger partial charge in [-0.15, -0.1) is 0 Å². The van der Waals surface area contributed by atoms with Crippen LogP contribution in [0.4, 0.5) is 4.79 Å². The minimum absolute atomic E-state index is 0.104. The van der Waals surface area contributed by atoms with E-state index in [0.717, 1.165) is 24.3 Å². The molecule has 132 valence electrons. The van der Waals surface area contributed by atoms with Crippen molar-refractivity contribution in [3.8, 4) is 5.82 Å². The lowest BCUT2D eigenvalue weighted by Gasteiger charge is -2.32. The molecule has 7 heteroatoms. The zero-order chi connectivity index (χ0) is 17.1. The molecule has 2 amide bonds. The standard InChI is InChI=1S/C18H24N6O/c25-18(22-15-7-12-23-10-2-1-6-16(15)23)20-13-14-5-3-8-19-17(14)24-11-4-9-21-24/h3-5,8-9,11,15-16H,1-2,6-7,10,12-13H2,(H2,20,22,25)/t15-,16+/m0/s1. The van der Waals surface area contributed by atoms with Crippen LogP contribution < -0.4 is 10.6 Å². The van der Waals surface area contributed by atoms with Crippen molar-refractivity contribution in [3.05, 3.63) is 42.4 Å². The Morgan fingerprint density at radius 2 is 2.16 bits per heavy atom. The topological polar surface area (TPSA) is 75.1 Å². The van der Waals surface area contributed by atoms with Crippen molar-refractivity contribution in [1.29, 1.82) is 0 Å². The van der Waals surface area contributed by atoms with Crippen LogP contribution >= 0.6 is 0 Å². The lowest BCUT2D eigenvalue weighted by atomic mass is 9.99. The number of rotatable bonds is 4. The van der Waals surface area contributed by atoms with E-state index < -0.39 is 0 Å². The fraction of sp³-hybridized carbons (Fsp3) is 0.500. The van der Waals surface area contributed by atoms with Gasteiger partial charge in [0.15, 0.2) is 5.82 Å². The van der Waals surface area contributed by atoms with E-state index in [2.05, 4.69) is 25.6 Å². The van der Waals surface area contributed by atoms with Gasteiger partial charge in [-0.05, 0) is 37.9 Å². The van der Waals surface area contributed by atoms with Crippen molar-refractivity contribution in [2.75, 3.05) is 13.1 Å². The quantitative estimate of drug-likeness (QED) is 0.888. The third-order valence-electron chi connectivity index (χ3n) is 5.20. The molecule has 0 aromatic carbocycles. The summed E-state index contributed by atoms with van der Waals surface area (Å²) in [7, 11) is 0. The Bertz CT molecular complexity index is 716. The zero-order valence-electron chi connectivity index (χ0n) is 14.3. The van der Waals surface area contributed by atoms with Crippen LogP contribution in [0.2, 0.25) is 0 Å². The molecule has 2 saturated heterocycles. The molecule has 0 unspecified atom stereocenters. The Morgan fingerprint density at radius 3 is 3.04 bits per heavy atom. The summed E-state index contributed by atoms with van der Waals surface area (Å²) in [5.74, 6) is 0.743. The van der Waals surface area contributed by atoms with Gasteiger partial charge < -0.3 is 10.6 Å². The first-order valence-electron chi connectivity index (χ1n) is 9.03. The molecule has 7 nitrogen and oxygen atoms in total. The van der Waals surface area contributed by atoms with Crippen LogP contribution in [-0.4, -0.2) is 50.9 Å². The summed E-state index contributed by atoms with van der Waals surface area (Å²) in [5, 5.41) is 10.4. The van der Waals surface area contributed by atoms with Gasteiger partial charge in [0.25, 0.3) is 0 Å². The normalized spacial score (nSPS) is 23.2. The van der Waals surface area contributed by atoms with Crippen molar-refractivity contribution in [2.24, 2.45) is 0 Å². The average molecular weight is 340 g/mol. The molecule has 2 aromatic rings. The molecular weight excluding hydrogens is 316 g/mol. The Labute approximate surface area is 147 Å². The number of aromatic nitrogens is 3. The summed E-state index contributed by atoms with van der Waals surface area (Å²) in [4.78, 5) is 19.3. The molecule has 2 aliphatic rings. The molecule has 0 aliphatic carbocycles. The van der Waals surface area contributed by atoms with Gasteiger partial charge in [-0.2, -0.15) is 5.10 Å². The van der Waals surface area contributed by atoms with Gasteiger partial charge in [0.05, 0.1) is 0 Å². The fourth-order valence-electron chi connectivity index (χ4n) is 3.98. The maximum Gasteiger partial charge on any atom is 0.315 e. The van der Waals surface area contributed by atoms with Crippen LogP contribution in [0, 0.1) is 0 Å². The second-order valence-corrected chi connectivity index (χ2v) is 6.76. The largest absolute Gasteiger partial charge is 0.334 e. The van der Waals surface area contributed by atoms with E-state index in [-0.39, 0.29) is 12.1 Å². The highest BCUT2D eigenvalue weighted by molar-refractivity contribution is 5.74. The second kappa shape index (κ2) is 7.23. The molecule has 25 heavy (non-hydrogen) atoms. The van der Waals surface area contributed by atoms with E-state index in [0.29, 0.717) is 12.6 Å². The lowest BCUT2D eigenvalue weighted by molar-refractivity contribution is 0.179. The predicted octanol–water partition coefficient (Wildman–Crippen LogP) is 1.69. The van der Waals surface area contributed by atoms with Gasteiger partial charge in [-0.3, -0.25) is 4.90 Å². The molecular formula is C18H24N6O.